The number of hydrogen-bond donors (Lipinski definition) is 1. The SMILES string of the molecule is CCCCCCCCCCCCCCCCCCCCCN(CCCCCCCCCCCCCCCCCCCCC)C(CCC)CC(=O)O. The third-order valence-corrected chi connectivity index (χ3v) is 11.6. The molecule has 51 heavy (non-hydrogen) atoms. The molecule has 0 radical (unpaired) electrons. The molecule has 0 bridgehead atoms. The second-order valence-electron chi connectivity index (χ2n) is 16.8. The van der Waals surface area contributed by atoms with Crippen LogP contribution in [0.4, 0.5) is 0 Å². The van der Waals surface area contributed by atoms with E-state index in [1.54, 1.807) is 0 Å². The summed E-state index contributed by atoms with van der Waals surface area (Å²) in [6.45, 7) is 9.00. The molecule has 3 heteroatoms. The minimum atomic E-state index is -0.625. The number of carboxylic acid groups (broad SMARTS) is 1. The first-order valence-electron chi connectivity index (χ1n) is 24.1. The van der Waals surface area contributed by atoms with Gasteiger partial charge >= 0.3 is 5.97 Å². The number of unbranched alkanes of at least 4 members (excludes halogenated alkanes) is 36. The minimum Gasteiger partial charge on any atom is -0.481 e. The van der Waals surface area contributed by atoms with Crippen molar-refractivity contribution in [2.24, 2.45) is 0 Å². The van der Waals surface area contributed by atoms with Gasteiger partial charge in [0.25, 0.3) is 0 Å². The Morgan fingerprint density at radius 3 is 0.765 bits per heavy atom. The highest BCUT2D eigenvalue weighted by molar-refractivity contribution is 5.67. The van der Waals surface area contributed by atoms with Crippen molar-refractivity contribution >= 4 is 5.97 Å². The van der Waals surface area contributed by atoms with Crippen LogP contribution < -0.4 is 0 Å². The van der Waals surface area contributed by atoms with Crippen molar-refractivity contribution in [3.63, 3.8) is 0 Å². The van der Waals surface area contributed by atoms with Crippen LogP contribution >= 0.6 is 0 Å². The van der Waals surface area contributed by atoms with Crippen molar-refractivity contribution in [3.05, 3.63) is 0 Å². The first kappa shape index (κ1) is 50.4. The van der Waals surface area contributed by atoms with E-state index in [0.29, 0.717) is 6.42 Å². The summed E-state index contributed by atoms with van der Waals surface area (Å²) in [5.74, 6) is -0.625. The topological polar surface area (TPSA) is 40.5 Å². The fourth-order valence-electron chi connectivity index (χ4n) is 8.21. The summed E-state index contributed by atoms with van der Waals surface area (Å²) in [5, 5.41) is 9.60. The number of carboxylic acids is 1. The second kappa shape index (κ2) is 43.8. The molecule has 0 fully saturated rings. The average Bonchev–Trinajstić information content (AvgIpc) is 3.12. The van der Waals surface area contributed by atoms with Gasteiger partial charge in [-0.15, -0.1) is 0 Å². The highest BCUT2D eigenvalue weighted by atomic mass is 16.4. The first-order valence-corrected chi connectivity index (χ1v) is 24.1. The van der Waals surface area contributed by atoms with Crippen molar-refractivity contribution in [2.75, 3.05) is 13.1 Å². The van der Waals surface area contributed by atoms with Crippen LogP contribution in [-0.2, 0) is 4.79 Å². The van der Waals surface area contributed by atoms with Gasteiger partial charge in [-0.3, -0.25) is 9.69 Å². The fraction of sp³-hybridized carbons (Fsp3) is 0.979. The molecule has 1 N–H and O–H groups in total. The lowest BCUT2D eigenvalue weighted by molar-refractivity contribution is -0.138. The summed E-state index contributed by atoms with van der Waals surface area (Å²) in [7, 11) is 0. The molecular weight excluding hydrogens is 623 g/mol. The van der Waals surface area contributed by atoms with Crippen molar-refractivity contribution < 1.29 is 9.90 Å². The zero-order chi connectivity index (χ0) is 37.1. The van der Waals surface area contributed by atoms with E-state index < -0.39 is 5.97 Å². The Balaban J connectivity index is 3.81. The van der Waals surface area contributed by atoms with E-state index in [0.717, 1.165) is 25.9 Å². The van der Waals surface area contributed by atoms with E-state index in [1.807, 2.05) is 0 Å². The van der Waals surface area contributed by atoms with Gasteiger partial charge in [-0.2, -0.15) is 0 Å². The van der Waals surface area contributed by atoms with Crippen LogP contribution in [0.1, 0.15) is 284 Å². The lowest BCUT2D eigenvalue weighted by Crippen LogP contribution is -2.38. The van der Waals surface area contributed by atoms with E-state index in [4.69, 9.17) is 0 Å². The highest BCUT2D eigenvalue weighted by Crippen LogP contribution is 2.19. The summed E-state index contributed by atoms with van der Waals surface area (Å²) in [6, 6.07) is 0.221. The maximum atomic E-state index is 11.7. The van der Waals surface area contributed by atoms with Crippen LogP contribution in [-0.4, -0.2) is 35.1 Å². The van der Waals surface area contributed by atoms with Gasteiger partial charge in [-0.1, -0.05) is 258 Å². The maximum Gasteiger partial charge on any atom is 0.304 e. The molecule has 1 atom stereocenters. The Labute approximate surface area is 323 Å². The van der Waals surface area contributed by atoms with Gasteiger partial charge in [0, 0.05) is 6.04 Å². The molecule has 0 saturated heterocycles. The molecule has 0 rings (SSSR count). The van der Waals surface area contributed by atoms with Gasteiger partial charge in [-0.25, -0.2) is 0 Å². The number of rotatable bonds is 45. The maximum absolute atomic E-state index is 11.7. The van der Waals surface area contributed by atoms with Gasteiger partial charge in [0.1, 0.15) is 0 Å². The molecule has 0 spiro atoms. The third kappa shape index (κ3) is 40.5. The van der Waals surface area contributed by atoms with Crippen molar-refractivity contribution in [1.82, 2.24) is 4.90 Å². The molecule has 306 valence electrons. The molecule has 0 aliphatic carbocycles. The number of nitrogens with zero attached hydrogens (tertiary/aromatic N) is 1. The summed E-state index contributed by atoms with van der Waals surface area (Å²) in [5.41, 5.74) is 0. The highest BCUT2D eigenvalue weighted by Gasteiger charge is 2.20. The van der Waals surface area contributed by atoms with Crippen LogP contribution in [0.2, 0.25) is 0 Å². The minimum absolute atomic E-state index is 0.221. The number of carbonyl (C=O) groups is 1. The van der Waals surface area contributed by atoms with Crippen molar-refractivity contribution in [1.29, 1.82) is 0 Å². The third-order valence-electron chi connectivity index (χ3n) is 11.6. The van der Waals surface area contributed by atoms with Gasteiger partial charge in [-0.05, 0) is 32.4 Å². The predicted octanol–water partition coefficient (Wildman–Crippen LogP) is 16.8. The summed E-state index contributed by atoms with van der Waals surface area (Å²) in [4.78, 5) is 14.2. The van der Waals surface area contributed by atoms with E-state index in [9.17, 15) is 9.90 Å². The molecule has 0 aromatic heterocycles. The molecule has 0 amide bonds. The summed E-state index contributed by atoms with van der Waals surface area (Å²) >= 11 is 0. The molecule has 0 saturated carbocycles. The molecule has 0 heterocycles. The molecule has 0 aliphatic rings. The monoisotopic (exact) mass is 720 g/mol. The molecule has 1 unspecified atom stereocenters. The standard InChI is InChI=1S/C48H97NO2/c1-4-7-9-11-13-15-17-19-21-23-25-27-29-31-33-35-37-39-41-44-49(47(43-6-3)46-48(50)51)45-42-40-38-36-34-32-30-28-26-24-22-20-18-16-14-12-10-8-5-2/h47H,4-46H2,1-3H3,(H,50,51). The largest absolute Gasteiger partial charge is 0.481 e. The molecule has 0 aromatic rings. The van der Waals surface area contributed by atoms with Crippen LogP contribution in [0.15, 0.2) is 0 Å². The lowest BCUT2D eigenvalue weighted by Gasteiger charge is -2.31. The quantitative estimate of drug-likeness (QED) is 0.0637. The van der Waals surface area contributed by atoms with Crippen molar-refractivity contribution in [2.45, 2.75) is 290 Å². The van der Waals surface area contributed by atoms with E-state index in [1.165, 1.54) is 244 Å². The van der Waals surface area contributed by atoms with Crippen LogP contribution in [0.5, 0.6) is 0 Å². The Bertz CT molecular complexity index is 609. The van der Waals surface area contributed by atoms with Crippen molar-refractivity contribution in [3.8, 4) is 0 Å². The summed E-state index contributed by atoms with van der Waals surface area (Å²) < 4.78 is 0. The van der Waals surface area contributed by atoms with Gasteiger partial charge in [0.2, 0.25) is 0 Å². The van der Waals surface area contributed by atoms with E-state index in [2.05, 4.69) is 25.7 Å². The van der Waals surface area contributed by atoms with Crippen LogP contribution in [0, 0.1) is 0 Å². The zero-order valence-corrected chi connectivity index (χ0v) is 35.8. The Morgan fingerprint density at radius 1 is 0.353 bits per heavy atom. The van der Waals surface area contributed by atoms with E-state index in [-0.39, 0.29) is 6.04 Å². The van der Waals surface area contributed by atoms with Gasteiger partial charge < -0.3 is 5.11 Å². The molecule has 3 nitrogen and oxygen atoms in total. The number of hydrogen-bond acceptors (Lipinski definition) is 2. The zero-order valence-electron chi connectivity index (χ0n) is 35.8. The number of aliphatic carboxylic acids is 1. The lowest BCUT2D eigenvalue weighted by atomic mass is 10.0. The predicted molar refractivity (Wildman–Crippen MR) is 229 cm³/mol. The van der Waals surface area contributed by atoms with Gasteiger partial charge in [0.05, 0.1) is 6.42 Å². The molecule has 0 aliphatic heterocycles. The summed E-state index contributed by atoms with van der Waals surface area (Å²) in [6.07, 6.45) is 56.1. The smallest absolute Gasteiger partial charge is 0.304 e. The van der Waals surface area contributed by atoms with Crippen LogP contribution in [0.25, 0.3) is 0 Å². The molecular formula is C48H97NO2. The average molecular weight is 720 g/mol. The Kier molecular flexibility index (Phi) is 43.3. The molecule has 0 aromatic carbocycles. The van der Waals surface area contributed by atoms with E-state index >= 15 is 0 Å². The Morgan fingerprint density at radius 2 is 0.569 bits per heavy atom. The van der Waals surface area contributed by atoms with Crippen LogP contribution in [0.3, 0.4) is 0 Å². The first-order chi connectivity index (χ1) is 25.2. The van der Waals surface area contributed by atoms with Gasteiger partial charge in [0.15, 0.2) is 0 Å². The second-order valence-corrected chi connectivity index (χ2v) is 16.8. The fourth-order valence-corrected chi connectivity index (χ4v) is 8.21. The normalized spacial score (nSPS) is 12.3. The Hall–Kier alpha value is -0.570.